The fourth-order valence-electron chi connectivity index (χ4n) is 2.87. The van der Waals surface area contributed by atoms with Crippen molar-refractivity contribution < 1.29 is 14.3 Å². The highest BCUT2D eigenvalue weighted by atomic mass is 16.6. The quantitative estimate of drug-likeness (QED) is 0.816. The van der Waals surface area contributed by atoms with Gasteiger partial charge in [-0.1, -0.05) is 19.1 Å². The van der Waals surface area contributed by atoms with E-state index in [4.69, 9.17) is 9.47 Å². The summed E-state index contributed by atoms with van der Waals surface area (Å²) < 4.78 is 13.0. The summed E-state index contributed by atoms with van der Waals surface area (Å²) in [4.78, 5) is 27.1. The number of H-pyrrole nitrogens is 1. The molecule has 3 heterocycles. The second kappa shape index (κ2) is 5.48. The molecule has 0 aromatic carbocycles. The van der Waals surface area contributed by atoms with Gasteiger partial charge in [0.15, 0.2) is 23.5 Å². The molecule has 0 amide bonds. The Morgan fingerprint density at radius 2 is 2.32 bits per heavy atom. The highest BCUT2D eigenvalue weighted by molar-refractivity contribution is 5.68. The van der Waals surface area contributed by atoms with E-state index in [9.17, 15) is 9.59 Å². The van der Waals surface area contributed by atoms with Crippen LogP contribution in [0.1, 0.15) is 33.4 Å². The molecule has 22 heavy (non-hydrogen) atoms. The van der Waals surface area contributed by atoms with Crippen molar-refractivity contribution in [2.45, 2.75) is 45.6 Å². The molecule has 1 aliphatic heterocycles. The average molecular weight is 307 g/mol. The van der Waals surface area contributed by atoms with Crippen molar-refractivity contribution in [2.24, 2.45) is 5.92 Å². The maximum atomic E-state index is 11.7. The second-order valence-corrected chi connectivity index (χ2v) is 5.37. The van der Waals surface area contributed by atoms with E-state index < -0.39 is 17.9 Å². The van der Waals surface area contributed by atoms with Gasteiger partial charge in [-0.05, 0) is 6.42 Å². The molecular weight excluding hydrogens is 290 g/mol. The molecule has 2 aromatic heterocycles. The Bertz CT molecular complexity index is 754. The monoisotopic (exact) mass is 307 g/mol. The lowest BCUT2D eigenvalue weighted by Crippen LogP contribution is -2.29. The molecule has 1 N–H and O–H groups in total. The number of imidazole rings is 1. The Morgan fingerprint density at radius 1 is 1.55 bits per heavy atom. The van der Waals surface area contributed by atoms with Gasteiger partial charge < -0.3 is 9.47 Å². The molecule has 9 nitrogen and oxygen atoms in total. The molecule has 1 fully saturated rings. The average Bonchev–Trinajstić information content (AvgIpc) is 3.02. The van der Waals surface area contributed by atoms with Crippen LogP contribution in [0.3, 0.4) is 0 Å². The van der Waals surface area contributed by atoms with Gasteiger partial charge in [-0.15, -0.1) is 5.10 Å². The summed E-state index contributed by atoms with van der Waals surface area (Å²) in [5, 5.41) is 9.69. The van der Waals surface area contributed by atoms with Crippen LogP contribution in [0.4, 0.5) is 0 Å². The highest BCUT2D eigenvalue weighted by Crippen LogP contribution is 2.38. The first-order valence-electron chi connectivity index (χ1n) is 7.13. The largest absolute Gasteiger partial charge is 0.457 e. The molecule has 0 saturated carbocycles. The van der Waals surface area contributed by atoms with Crippen molar-refractivity contribution in [1.29, 1.82) is 0 Å². The third-order valence-corrected chi connectivity index (χ3v) is 3.96. The van der Waals surface area contributed by atoms with Crippen molar-refractivity contribution in [3.8, 4) is 0 Å². The van der Waals surface area contributed by atoms with Gasteiger partial charge in [0, 0.05) is 12.8 Å². The van der Waals surface area contributed by atoms with Crippen molar-refractivity contribution in [1.82, 2.24) is 25.0 Å². The fraction of sp³-hybridized carbons (Fsp3) is 0.615. The van der Waals surface area contributed by atoms with Crippen LogP contribution in [0.25, 0.3) is 11.2 Å². The minimum atomic E-state index is -0.579. The number of fused-ring (bicyclic) bond motifs is 1. The molecule has 0 aliphatic carbocycles. The van der Waals surface area contributed by atoms with Crippen molar-refractivity contribution in [3.63, 3.8) is 0 Å². The lowest BCUT2D eigenvalue weighted by atomic mass is 9.98. The smallest absolute Gasteiger partial charge is 0.303 e. The zero-order valence-corrected chi connectivity index (χ0v) is 12.5. The molecule has 0 bridgehead atoms. The summed E-state index contributed by atoms with van der Waals surface area (Å²) in [6, 6.07) is 0. The Labute approximate surface area is 125 Å². The first-order valence-corrected chi connectivity index (χ1v) is 7.13. The Kier molecular flexibility index (Phi) is 3.65. The molecule has 4 atom stereocenters. The zero-order valence-electron chi connectivity index (χ0n) is 12.5. The third-order valence-electron chi connectivity index (χ3n) is 3.96. The number of carbonyl (C=O) groups is 1. The first-order chi connectivity index (χ1) is 10.5. The highest BCUT2D eigenvalue weighted by Gasteiger charge is 2.45. The fourth-order valence-corrected chi connectivity index (χ4v) is 2.87. The van der Waals surface area contributed by atoms with Gasteiger partial charge in [-0.2, -0.15) is 0 Å². The summed E-state index contributed by atoms with van der Waals surface area (Å²) >= 11 is 0. The van der Waals surface area contributed by atoms with E-state index in [1.54, 1.807) is 4.57 Å². The van der Waals surface area contributed by atoms with Crippen LogP contribution in [-0.2, 0) is 14.3 Å². The molecule has 0 unspecified atom stereocenters. The molecule has 1 saturated heterocycles. The van der Waals surface area contributed by atoms with Gasteiger partial charge in [0.2, 0.25) is 0 Å². The number of ether oxygens (including phenoxy) is 2. The maximum Gasteiger partial charge on any atom is 0.303 e. The Morgan fingerprint density at radius 3 is 3.00 bits per heavy atom. The lowest BCUT2D eigenvalue weighted by Gasteiger charge is -2.21. The number of aromatic nitrogens is 5. The van der Waals surface area contributed by atoms with Crippen molar-refractivity contribution in [3.05, 3.63) is 16.7 Å². The molecule has 2 aromatic rings. The predicted octanol–water partition coefficient (Wildman–Crippen LogP) is 0.390. The minimum Gasteiger partial charge on any atom is -0.457 e. The number of rotatable bonds is 3. The molecule has 118 valence electrons. The summed E-state index contributed by atoms with van der Waals surface area (Å²) in [7, 11) is 0. The number of carbonyl (C=O) groups excluding carboxylic acids is 1. The summed E-state index contributed by atoms with van der Waals surface area (Å²) in [5.74, 6) is -0.359. The lowest BCUT2D eigenvalue weighted by molar-refractivity contribution is -0.153. The number of esters is 1. The van der Waals surface area contributed by atoms with Crippen LogP contribution in [0.15, 0.2) is 11.1 Å². The maximum absolute atomic E-state index is 11.7. The number of nitrogens with zero attached hydrogens (tertiary/aromatic N) is 4. The van der Waals surface area contributed by atoms with Gasteiger partial charge in [0.25, 0.3) is 5.56 Å². The van der Waals surface area contributed by atoms with Gasteiger partial charge in [-0.3, -0.25) is 14.2 Å². The minimum absolute atomic E-state index is 0.0197. The van der Waals surface area contributed by atoms with E-state index >= 15 is 0 Å². The third kappa shape index (κ3) is 2.27. The number of nitrogens with one attached hydrogen (secondary N) is 1. The van der Waals surface area contributed by atoms with E-state index in [-0.39, 0.29) is 23.5 Å². The molecule has 9 heteroatoms. The summed E-state index contributed by atoms with van der Waals surface area (Å²) in [6.45, 7) is 5.34. The summed E-state index contributed by atoms with van der Waals surface area (Å²) in [6.07, 6.45) is 1.14. The van der Waals surface area contributed by atoms with Crippen LogP contribution in [0.5, 0.6) is 0 Å². The van der Waals surface area contributed by atoms with Crippen molar-refractivity contribution in [2.75, 3.05) is 0 Å². The van der Waals surface area contributed by atoms with Gasteiger partial charge >= 0.3 is 5.97 Å². The molecule has 0 spiro atoms. The van der Waals surface area contributed by atoms with Crippen LogP contribution >= 0.6 is 0 Å². The van der Waals surface area contributed by atoms with E-state index in [0.717, 1.165) is 6.42 Å². The van der Waals surface area contributed by atoms with Crippen LogP contribution in [0, 0.1) is 5.92 Å². The first kappa shape index (κ1) is 14.6. The normalized spacial score (nSPS) is 28.1. The van der Waals surface area contributed by atoms with E-state index in [1.165, 1.54) is 13.3 Å². The van der Waals surface area contributed by atoms with Gasteiger partial charge in [-0.25, -0.2) is 10.1 Å². The molecule has 1 aliphatic rings. The standard InChI is InChI=1S/C13H17N5O4/c1-4-8-6(2)10(21-7(3)19)13(22-8)18-5-14-9-11(18)15-17-16-12(9)20/h5-6,8,10,13H,4H2,1-3H3,(H,15,16,20)/t6-,8-,10-,13-/m1/s1. The van der Waals surface area contributed by atoms with Crippen molar-refractivity contribution >= 4 is 17.1 Å². The second-order valence-electron chi connectivity index (χ2n) is 5.37. The zero-order chi connectivity index (χ0) is 15.9. The van der Waals surface area contributed by atoms with E-state index in [1.807, 2.05) is 13.8 Å². The van der Waals surface area contributed by atoms with Gasteiger partial charge in [0.1, 0.15) is 0 Å². The SMILES string of the molecule is CC[C@H]1O[C@@H](n2cnc3c(=O)[nH]nnc32)[C@H](OC(C)=O)[C@@H]1C. The van der Waals surface area contributed by atoms with E-state index in [2.05, 4.69) is 20.4 Å². The van der Waals surface area contributed by atoms with E-state index in [0.29, 0.717) is 5.65 Å². The number of aromatic amines is 1. The topological polar surface area (TPSA) is 112 Å². The summed E-state index contributed by atoms with van der Waals surface area (Å²) in [5.41, 5.74) is 0.0495. The van der Waals surface area contributed by atoms with Crippen LogP contribution in [-0.4, -0.2) is 43.1 Å². The molecule has 0 radical (unpaired) electrons. The Hall–Kier alpha value is -2.29. The van der Waals surface area contributed by atoms with Gasteiger partial charge in [0.05, 0.1) is 12.4 Å². The number of hydrogen-bond donors (Lipinski definition) is 1. The molecular formula is C13H17N5O4. The number of hydrogen-bond acceptors (Lipinski definition) is 7. The van der Waals surface area contributed by atoms with Crippen LogP contribution in [0.2, 0.25) is 0 Å². The Balaban J connectivity index is 2.05. The predicted molar refractivity (Wildman–Crippen MR) is 74.9 cm³/mol. The molecule has 3 rings (SSSR count). The van der Waals surface area contributed by atoms with Crippen LogP contribution < -0.4 is 5.56 Å².